The largest absolute Gasteiger partial charge is 0.393 e. The molecule has 5 rings (SSSR count). The van der Waals surface area contributed by atoms with Gasteiger partial charge in [0.2, 0.25) is 0 Å². The van der Waals surface area contributed by atoms with E-state index in [9.17, 15) is 18.0 Å². The fourth-order valence-corrected chi connectivity index (χ4v) is 5.11. The number of nitrogens with zero attached hydrogens (tertiary/aromatic N) is 5. The minimum absolute atomic E-state index is 0.0453. The third-order valence-electron chi connectivity index (χ3n) is 6.72. The molecule has 2 atom stereocenters. The minimum Gasteiger partial charge on any atom is -0.366 e. The van der Waals surface area contributed by atoms with E-state index in [1.807, 2.05) is 19.1 Å². The van der Waals surface area contributed by atoms with E-state index in [1.165, 1.54) is 0 Å². The van der Waals surface area contributed by atoms with E-state index in [1.54, 1.807) is 28.3 Å². The number of rotatable bonds is 2. The number of halogens is 3. The molecular weight excluding hydrogens is 433 g/mol. The minimum atomic E-state index is -4.22. The first-order valence-corrected chi connectivity index (χ1v) is 11.4. The Balaban J connectivity index is 1.46. The Morgan fingerprint density at radius 2 is 1.88 bits per heavy atom. The molecule has 5 heterocycles. The number of anilines is 4. The second-order valence-corrected chi connectivity index (χ2v) is 9.13. The van der Waals surface area contributed by atoms with Crippen LogP contribution in [0.2, 0.25) is 0 Å². The van der Waals surface area contributed by atoms with Crippen molar-refractivity contribution in [3.8, 4) is 0 Å². The molecule has 2 amide bonds. The van der Waals surface area contributed by atoms with E-state index >= 15 is 0 Å². The summed E-state index contributed by atoms with van der Waals surface area (Å²) in [6.07, 6.45) is 1.50. The van der Waals surface area contributed by atoms with Crippen LogP contribution in [-0.4, -0.2) is 54.4 Å². The van der Waals surface area contributed by atoms with Gasteiger partial charge in [0.1, 0.15) is 5.82 Å². The van der Waals surface area contributed by atoms with Crippen molar-refractivity contribution in [2.24, 2.45) is 5.92 Å². The lowest BCUT2D eigenvalue weighted by Gasteiger charge is -2.46. The highest BCUT2D eigenvalue weighted by Crippen LogP contribution is 2.41. The average molecular weight is 461 g/mol. The third-order valence-corrected chi connectivity index (χ3v) is 6.72. The molecule has 3 aliphatic rings. The molecule has 33 heavy (non-hydrogen) atoms. The van der Waals surface area contributed by atoms with Crippen molar-refractivity contribution in [3.63, 3.8) is 0 Å². The van der Waals surface area contributed by atoms with Crippen LogP contribution in [0.3, 0.4) is 0 Å². The molecule has 7 nitrogen and oxygen atoms in total. The SMILES string of the molecule is Cc1cncc(NC(=O)N2c3nc(N4CCCC(C(F)(F)F)C4)ccc3N3CCC[C@H]2C3)c1. The van der Waals surface area contributed by atoms with E-state index in [0.717, 1.165) is 30.6 Å². The van der Waals surface area contributed by atoms with Gasteiger partial charge in [-0.3, -0.25) is 9.88 Å². The molecule has 1 N–H and O–H groups in total. The maximum absolute atomic E-state index is 13.4. The summed E-state index contributed by atoms with van der Waals surface area (Å²) in [6, 6.07) is 5.18. The number of alkyl halides is 3. The van der Waals surface area contributed by atoms with Crippen molar-refractivity contribution in [2.75, 3.05) is 46.2 Å². The zero-order valence-electron chi connectivity index (χ0n) is 18.5. The van der Waals surface area contributed by atoms with Crippen molar-refractivity contribution in [3.05, 3.63) is 36.2 Å². The lowest BCUT2D eigenvalue weighted by Crippen LogP contribution is -2.56. The Hall–Kier alpha value is -3.04. The molecule has 2 saturated heterocycles. The standard InChI is InChI=1S/C23H27F3N6O/c1-15-10-17(12-27-11-15)28-22(33)32-18-5-3-8-30(14-18)19-6-7-20(29-21(19)32)31-9-2-4-16(13-31)23(24,25)26/h6-7,10-12,16,18H,2-5,8-9,13-14H2,1H3,(H,28,33)/t16?,18-/m0/s1. The normalized spacial score (nSPS) is 22.7. The van der Waals surface area contributed by atoms with Gasteiger partial charge in [-0.05, 0) is 56.4 Å². The number of urea groups is 1. The first kappa shape index (κ1) is 21.8. The first-order valence-electron chi connectivity index (χ1n) is 11.4. The highest BCUT2D eigenvalue weighted by Gasteiger charge is 2.43. The quantitative estimate of drug-likeness (QED) is 0.711. The summed E-state index contributed by atoms with van der Waals surface area (Å²) in [5.74, 6) is -0.366. The second-order valence-electron chi connectivity index (χ2n) is 9.13. The molecule has 2 bridgehead atoms. The number of amides is 2. The molecular formula is C23H27F3N6O. The maximum Gasteiger partial charge on any atom is 0.393 e. The molecule has 0 spiro atoms. The molecule has 0 saturated carbocycles. The van der Waals surface area contributed by atoms with E-state index in [4.69, 9.17) is 4.98 Å². The molecule has 3 aliphatic heterocycles. The van der Waals surface area contributed by atoms with Crippen LogP contribution in [0.5, 0.6) is 0 Å². The fourth-order valence-electron chi connectivity index (χ4n) is 5.11. The van der Waals surface area contributed by atoms with E-state index in [0.29, 0.717) is 36.8 Å². The van der Waals surface area contributed by atoms with Gasteiger partial charge in [-0.15, -0.1) is 0 Å². The van der Waals surface area contributed by atoms with Crippen LogP contribution in [0.1, 0.15) is 31.2 Å². The van der Waals surface area contributed by atoms with Gasteiger partial charge in [0, 0.05) is 32.4 Å². The van der Waals surface area contributed by atoms with Crippen LogP contribution in [0.25, 0.3) is 0 Å². The van der Waals surface area contributed by atoms with Gasteiger partial charge in [0.15, 0.2) is 5.82 Å². The number of pyridine rings is 2. The van der Waals surface area contributed by atoms with Crippen LogP contribution in [0, 0.1) is 12.8 Å². The van der Waals surface area contributed by atoms with Gasteiger partial charge < -0.3 is 15.1 Å². The highest BCUT2D eigenvalue weighted by molar-refractivity contribution is 6.04. The third kappa shape index (κ3) is 4.30. The van der Waals surface area contributed by atoms with Gasteiger partial charge in [-0.1, -0.05) is 0 Å². The van der Waals surface area contributed by atoms with Gasteiger partial charge >= 0.3 is 12.2 Å². The molecule has 1 unspecified atom stereocenters. The summed E-state index contributed by atoms with van der Waals surface area (Å²) in [7, 11) is 0. The number of nitrogens with one attached hydrogen (secondary N) is 1. The Labute approximate surface area is 190 Å². The summed E-state index contributed by atoms with van der Waals surface area (Å²) in [5.41, 5.74) is 2.37. The topological polar surface area (TPSA) is 64.6 Å². The zero-order valence-corrected chi connectivity index (χ0v) is 18.5. The molecule has 0 aromatic carbocycles. The van der Waals surface area contributed by atoms with Gasteiger partial charge in [-0.2, -0.15) is 13.2 Å². The number of piperidine rings is 2. The highest BCUT2D eigenvalue weighted by atomic mass is 19.4. The van der Waals surface area contributed by atoms with Crippen molar-refractivity contribution in [1.29, 1.82) is 0 Å². The van der Waals surface area contributed by atoms with Crippen LogP contribution >= 0.6 is 0 Å². The maximum atomic E-state index is 13.4. The van der Waals surface area contributed by atoms with Crippen molar-refractivity contribution in [2.45, 2.75) is 44.8 Å². The Morgan fingerprint density at radius 1 is 1.09 bits per heavy atom. The number of fused-ring (bicyclic) bond motifs is 4. The van der Waals surface area contributed by atoms with Crippen LogP contribution in [-0.2, 0) is 0 Å². The summed E-state index contributed by atoms with van der Waals surface area (Å²) >= 11 is 0. The van der Waals surface area contributed by atoms with Crippen molar-refractivity contribution in [1.82, 2.24) is 9.97 Å². The fraction of sp³-hybridized carbons (Fsp3) is 0.522. The first-order chi connectivity index (χ1) is 15.8. The summed E-state index contributed by atoms with van der Waals surface area (Å²) < 4.78 is 40.0. The lowest BCUT2D eigenvalue weighted by molar-refractivity contribution is -0.176. The van der Waals surface area contributed by atoms with E-state index in [2.05, 4.69) is 15.2 Å². The number of carbonyl (C=O) groups excluding carboxylic acids is 1. The number of hydrogen-bond donors (Lipinski definition) is 1. The Kier molecular flexibility index (Phi) is 5.54. The number of carbonyl (C=O) groups is 1. The van der Waals surface area contributed by atoms with Gasteiger partial charge in [0.05, 0.1) is 29.5 Å². The summed E-state index contributed by atoms with van der Waals surface area (Å²) in [5, 5.41) is 2.93. The summed E-state index contributed by atoms with van der Waals surface area (Å²) in [6.45, 7) is 3.91. The van der Waals surface area contributed by atoms with Crippen molar-refractivity contribution >= 4 is 29.0 Å². The lowest BCUT2D eigenvalue weighted by atomic mass is 9.97. The van der Waals surface area contributed by atoms with Crippen molar-refractivity contribution < 1.29 is 18.0 Å². The molecule has 10 heteroatoms. The number of aromatic nitrogens is 2. The summed E-state index contributed by atoms with van der Waals surface area (Å²) in [4.78, 5) is 27.9. The predicted octanol–water partition coefficient (Wildman–Crippen LogP) is 4.58. The molecule has 2 aromatic heterocycles. The van der Waals surface area contributed by atoms with Gasteiger partial charge in [-0.25, -0.2) is 9.78 Å². The molecule has 176 valence electrons. The van der Waals surface area contributed by atoms with Crippen LogP contribution in [0.15, 0.2) is 30.6 Å². The zero-order chi connectivity index (χ0) is 23.2. The monoisotopic (exact) mass is 460 g/mol. The molecule has 0 radical (unpaired) electrons. The molecule has 0 aliphatic carbocycles. The van der Waals surface area contributed by atoms with Crippen LogP contribution in [0.4, 0.5) is 41.0 Å². The van der Waals surface area contributed by atoms with E-state index < -0.39 is 12.1 Å². The Morgan fingerprint density at radius 3 is 2.67 bits per heavy atom. The number of hydrogen-bond acceptors (Lipinski definition) is 5. The predicted molar refractivity (Wildman–Crippen MR) is 121 cm³/mol. The molecule has 2 aromatic rings. The second kappa shape index (κ2) is 8.39. The smallest absolute Gasteiger partial charge is 0.366 e. The Bertz CT molecular complexity index is 1050. The average Bonchev–Trinajstić information content (AvgIpc) is 2.78. The van der Waals surface area contributed by atoms with E-state index in [-0.39, 0.29) is 25.0 Å². The molecule has 2 fully saturated rings. The van der Waals surface area contributed by atoms with Crippen LogP contribution < -0.4 is 20.0 Å². The van der Waals surface area contributed by atoms with Gasteiger partial charge in [0.25, 0.3) is 0 Å². The number of aryl methyl sites for hydroxylation is 1.